The van der Waals surface area contributed by atoms with E-state index in [1.165, 1.54) is 0 Å². The Morgan fingerprint density at radius 3 is 2.75 bits per heavy atom. The van der Waals surface area contributed by atoms with Gasteiger partial charge < -0.3 is 9.64 Å². The van der Waals surface area contributed by atoms with E-state index in [4.69, 9.17) is 4.74 Å². The third kappa shape index (κ3) is 2.02. The molecule has 2 aliphatic rings. The Bertz CT molecular complexity index is 372. The summed E-state index contributed by atoms with van der Waals surface area (Å²) < 4.78 is 5.35. The topological polar surface area (TPSA) is 29.5 Å². The predicted octanol–water partition coefficient (Wildman–Crippen LogP) is 2.27. The maximum atomic E-state index is 11.8. The molecule has 0 spiro atoms. The lowest BCUT2D eigenvalue weighted by Crippen LogP contribution is -2.37. The molecule has 0 radical (unpaired) electrons. The summed E-state index contributed by atoms with van der Waals surface area (Å²) in [7, 11) is 0. The average Bonchev–Trinajstić information content (AvgIpc) is 2.65. The smallest absolute Gasteiger partial charge is 0.410 e. The Kier molecular flexibility index (Phi) is 2.41. The molecule has 0 bridgehead atoms. The molecule has 16 heavy (non-hydrogen) atoms. The maximum Gasteiger partial charge on any atom is 0.410 e. The fourth-order valence-corrected chi connectivity index (χ4v) is 2.39. The first-order chi connectivity index (χ1) is 7.36. The van der Waals surface area contributed by atoms with Gasteiger partial charge in [0.1, 0.15) is 5.60 Å². The molecule has 0 aromatic heterocycles. The Morgan fingerprint density at radius 1 is 1.50 bits per heavy atom. The third-order valence-corrected chi connectivity index (χ3v) is 3.17. The summed E-state index contributed by atoms with van der Waals surface area (Å²) in [6.45, 7) is 9.09. The van der Waals surface area contributed by atoms with Crippen LogP contribution in [-0.2, 0) is 4.74 Å². The molecule has 3 nitrogen and oxygen atoms in total. The minimum Gasteiger partial charge on any atom is -0.444 e. The molecule has 1 saturated carbocycles. The minimum atomic E-state index is -0.409. The molecule has 0 aromatic carbocycles. The van der Waals surface area contributed by atoms with Crippen LogP contribution in [-0.4, -0.2) is 29.7 Å². The number of piperidine rings is 1. The molecule has 0 aromatic rings. The highest BCUT2D eigenvalue weighted by Crippen LogP contribution is 2.57. The van der Waals surface area contributed by atoms with E-state index in [1.54, 1.807) is 4.90 Å². The van der Waals surface area contributed by atoms with Crippen LogP contribution in [0.4, 0.5) is 4.79 Å². The van der Waals surface area contributed by atoms with E-state index in [1.807, 2.05) is 27.7 Å². The van der Waals surface area contributed by atoms with E-state index in [-0.39, 0.29) is 11.5 Å². The quantitative estimate of drug-likeness (QED) is 0.587. The van der Waals surface area contributed by atoms with Gasteiger partial charge in [0, 0.05) is 13.1 Å². The van der Waals surface area contributed by atoms with Gasteiger partial charge in [0.2, 0.25) is 0 Å². The molecule has 1 amide bonds. The first-order valence-corrected chi connectivity index (χ1v) is 5.78. The van der Waals surface area contributed by atoms with Crippen LogP contribution in [0.5, 0.6) is 0 Å². The zero-order valence-electron chi connectivity index (χ0n) is 10.5. The number of rotatable bonds is 0. The molecule has 1 saturated heterocycles. The molecule has 1 heterocycles. The van der Waals surface area contributed by atoms with E-state index in [9.17, 15) is 4.79 Å². The number of nitrogens with zero attached hydrogens (tertiary/aromatic N) is 1. The molecule has 88 valence electrons. The lowest BCUT2D eigenvalue weighted by atomic mass is 10.1. The Hall–Kier alpha value is -1.17. The molecule has 1 aliphatic carbocycles. The second kappa shape index (κ2) is 3.41. The number of hydrogen-bond acceptors (Lipinski definition) is 2. The zero-order valence-corrected chi connectivity index (χ0v) is 10.5. The summed E-state index contributed by atoms with van der Waals surface area (Å²) in [6.07, 6.45) is 0.949. The molecular formula is C13H19NO2. The molecule has 1 aliphatic heterocycles. The van der Waals surface area contributed by atoms with Crippen LogP contribution in [0.15, 0.2) is 0 Å². The van der Waals surface area contributed by atoms with Gasteiger partial charge in [0.25, 0.3) is 0 Å². The SMILES string of the molecule is CC#CC12CC1CN(C(=O)OC(C)(C)C)C2. The zero-order chi connectivity index (χ0) is 12.0. The van der Waals surface area contributed by atoms with Crippen LogP contribution in [0.25, 0.3) is 0 Å². The van der Waals surface area contributed by atoms with Crippen molar-refractivity contribution < 1.29 is 9.53 Å². The van der Waals surface area contributed by atoms with Crippen LogP contribution >= 0.6 is 0 Å². The van der Waals surface area contributed by atoms with E-state index >= 15 is 0 Å². The Labute approximate surface area is 97.1 Å². The number of hydrogen-bond donors (Lipinski definition) is 0. The van der Waals surface area contributed by atoms with Crippen molar-refractivity contribution in [1.82, 2.24) is 4.90 Å². The van der Waals surface area contributed by atoms with Crippen molar-refractivity contribution in [3.05, 3.63) is 0 Å². The molecule has 2 atom stereocenters. The number of fused-ring (bicyclic) bond motifs is 1. The van der Waals surface area contributed by atoms with Crippen LogP contribution in [0, 0.1) is 23.2 Å². The van der Waals surface area contributed by atoms with Crippen molar-refractivity contribution in [3.63, 3.8) is 0 Å². The highest BCUT2D eigenvalue weighted by atomic mass is 16.6. The van der Waals surface area contributed by atoms with Crippen LogP contribution in [0.2, 0.25) is 0 Å². The molecule has 2 unspecified atom stereocenters. The van der Waals surface area contributed by atoms with Gasteiger partial charge in [0.05, 0.1) is 5.41 Å². The predicted molar refractivity (Wildman–Crippen MR) is 61.8 cm³/mol. The Morgan fingerprint density at radius 2 is 2.19 bits per heavy atom. The summed E-state index contributed by atoms with van der Waals surface area (Å²) in [5.41, 5.74) is -0.306. The number of amides is 1. The van der Waals surface area contributed by atoms with E-state index in [0.717, 1.165) is 19.5 Å². The van der Waals surface area contributed by atoms with Gasteiger partial charge in [-0.3, -0.25) is 0 Å². The average molecular weight is 221 g/mol. The van der Waals surface area contributed by atoms with Gasteiger partial charge in [-0.05, 0) is 40.0 Å². The van der Waals surface area contributed by atoms with Gasteiger partial charge in [-0.1, -0.05) is 5.92 Å². The van der Waals surface area contributed by atoms with Gasteiger partial charge in [-0.2, -0.15) is 0 Å². The van der Waals surface area contributed by atoms with Gasteiger partial charge >= 0.3 is 6.09 Å². The molecule has 2 fully saturated rings. The van der Waals surface area contributed by atoms with E-state index in [2.05, 4.69) is 11.8 Å². The fourth-order valence-electron chi connectivity index (χ4n) is 2.39. The highest BCUT2D eigenvalue weighted by Gasteiger charge is 2.60. The van der Waals surface area contributed by atoms with Crippen LogP contribution < -0.4 is 0 Å². The summed E-state index contributed by atoms with van der Waals surface area (Å²) in [5, 5.41) is 0. The number of carbonyl (C=O) groups is 1. The lowest BCUT2D eigenvalue weighted by Gasteiger charge is -2.25. The summed E-state index contributed by atoms with van der Waals surface area (Å²) in [5.74, 6) is 6.79. The van der Waals surface area contributed by atoms with Crippen molar-refractivity contribution >= 4 is 6.09 Å². The third-order valence-electron chi connectivity index (χ3n) is 3.17. The lowest BCUT2D eigenvalue weighted by molar-refractivity contribution is 0.0268. The molecule has 0 N–H and O–H groups in total. The normalized spacial score (nSPS) is 31.5. The van der Waals surface area contributed by atoms with Crippen molar-refractivity contribution in [2.24, 2.45) is 11.3 Å². The minimum absolute atomic E-state index is 0.103. The fraction of sp³-hybridized carbons (Fsp3) is 0.769. The first-order valence-electron chi connectivity index (χ1n) is 5.78. The second-order valence-electron chi connectivity index (χ2n) is 5.79. The van der Waals surface area contributed by atoms with E-state index < -0.39 is 5.60 Å². The Balaban J connectivity index is 1.95. The number of ether oxygens (including phenoxy) is 1. The summed E-state index contributed by atoms with van der Waals surface area (Å²) in [6, 6.07) is 0. The maximum absolute atomic E-state index is 11.8. The second-order valence-corrected chi connectivity index (χ2v) is 5.79. The van der Waals surface area contributed by atoms with Crippen LogP contribution in [0.1, 0.15) is 34.1 Å². The molecule has 2 rings (SSSR count). The standard InChI is InChI=1S/C13H19NO2/c1-5-6-13-7-10(13)8-14(9-13)11(15)16-12(2,3)4/h10H,7-9H2,1-4H3. The van der Waals surface area contributed by atoms with Gasteiger partial charge in [0.15, 0.2) is 0 Å². The van der Waals surface area contributed by atoms with Gasteiger partial charge in [-0.25, -0.2) is 4.79 Å². The number of likely N-dealkylation sites (tertiary alicyclic amines) is 1. The number of carbonyl (C=O) groups excluding carboxylic acids is 1. The van der Waals surface area contributed by atoms with Crippen molar-refractivity contribution in [1.29, 1.82) is 0 Å². The largest absolute Gasteiger partial charge is 0.444 e. The molecule has 3 heteroatoms. The summed E-state index contributed by atoms with van der Waals surface area (Å²) in [4.78, 5) is 13.6. The summed E-state index contributed by atoms with van der Waals surface area (Å²) >= 11 is 0. The first kappa shape index (κ1) is 11.3. The highest BCUT2D eigenvalue weighted by molar-refractivity contribution is 5.69. The van der Waals surface area contributed by atoms with Crippen molar-refractivity contribution in [3.8, 4) is 11.8 Å². The van der Waals surface area contributed by atoms with Crippen molar-refractivity contribution in [2.75, 3.05) is 13.1 Å². The van der Waals surface area contributed by atoms with E-state index in [0.29, 0.717) is 5.92 Å². The molecular weight excluding hydrogens is 202 g/mol. The van der Waals surface area contributed by atoms with Crippen molar-refractivity contribution in [2.45, 2.75) is 39.7 Å². The van der Waals surface area contributed by atoms with Gasteiger partial charge in [-0.15, -0.1) is 5.92 Å². The monoisotopic (exact) mass is 221 g/mol. The van der Waals surface area contributed by atoms with Crippen LogP contribution in [0.3, 0.4) is 0 Å².